The molecule has 146 valence electrons. The van der Waals surface area contributed by atoms with Gasteiger partial charge in [-0.15, -0.1) is 5.75 Å². The lowest BCUT2D eigenvalue weighted by molar-refractivity contribution is -0.385. The number of phenolic OH excluding ortho intramolecular Hbond substituents is 1. The van der Waals surface area contributed by atoms with Crippen LogP contribution in [-0.4, -0.2) is 22.0 Å². The van der Waals surface area contributed by atoms with Crippen molar-refractivity contribution < 1.29 is 25.0 Å². The number of nitro benzene ring substituents is 2. The number of non-ortho nitro benzene ring substituents is 2. The molecule has 2 aromatic carbocycles. The quantitative estimate of drug-likeness (QED) is 0.517. The maximum atomic E-state index is 10.4. The van der Waals surface area contributed by atoms with E-state index in [1.54, 1.807) is 0 Å². The molecule has 0 spiro atoms. The summed E-state index contributed by atoms with van der Waals surface area (Å²) in [6, 6.07) is 13.7. The minimum atomic E-state index is -0.542. The molecule has 0 aliphatic carbocycles. The summed E-state index contributed by atoms with van der Waals surface area (Å²) in [6.07, 6.45) is 3.76. The number of aromatic nitrogens is 1. The number of rotatable bonds is 3. The van der Waals surface area contributed by atoms with Crippen molar-refractivity contribution in [1.29, 1.82) is 0 Å². The first-order valence-corrected chi connectivity index (χ1v) is 7.82. The number of benzene rings is 2. The second-order valence-corrected chi connectivity index (χ2v) is 5.06. The van der Waals surface area contributed by atoms with Crippen LogP contribution in [0.2, 0.25) is 0 Å². The molecule has 10 nitrogen and oxygen atoms in total. The summed E-state index contributed by atoms with van der Waals surface area (Å²) in [5, 5.41) is 42.2. The summed E-state index contributed by atoms with van der Waals surface area (Å²) in [6.45, 7) is 0. The Kier molecular flexibility index (Phi) is 8.90. The van der Waals surface area contributed by atoms with E-state index in [4.69, 9.17) is 5.11 Å². The zero-order valence-electron chi connectivity index (χ0n) is 14.8. The molecule has 0 atom stereocenters. The number of aromatic hydroxyl groups is 1. The molecule has 0 saturated carbocycles. The third-order valence-electron chi connectivity index (χ3n) is 3.11. The monoisotopic (exact) mass is 386 g/mol. The van der Waals surface area contributed by atoms with Crippen molar-refractivity contribution in [2.45, 2.75) is 0 Å². The van der Waals surface area contributed by atoms with Gasteiger partial charge in [0.15, 0.2) is 12.4 Å². The predicted molar refractivity (Wildman–Crippen MR) is 99.8 cm³/mol. The van der Waals surface area contributed by atoms with E-state index in [0.717, 1.165) is 17.8 Å². The number of nitro groups is 2. The largest absolute Gasteiger partial charge is 0.872 e. The van der Waals surface area contributed by atoms with Gasteiger partial charge in [-0.2, -0.15) is 0 Å². The van der Waals surface area contributed by atoms with Crippen molar-refractivity contribution in [2.24, 2.45) is 0 Å². The number of nitrogens with zero attached hydrogens (tertiary/aromatic N) is 2. The Hall–Kier alpha value is -4.21. The molecule has 0 aliphatic heterocycles. The van der Waals surface area contributed by atoms with E-state index in [9.17, 15) is 25.3 Å². The van der Waals surface area contributed by atoms with Crippen LogP contribution in [0.5, 0.6) is 11.5 Å². The summed E-state index contributed by atoms with van der Waals surface area (Å²) in [5.74, 6) is -0.184. The molecule has 1 aromatic heterocycles. The van der Waals surface area contributed by atoms with Gasteiger partial charge in [0, 0.05) is 49.1 Å². The van der Waals surface area contributed by atoms with Gasteiger partial charge in [0.25, 0.3) is 11.4 Å². The van der Waals surface area contributed by atoms with E-state index < -0.39 is 9.85 Å². The Morgan fingerprint density at radius 2 is 1.25 bits per heavy atom. The maximum absolute atomic E-state index is 10.4. The highest BCUT2D eigenvalue weighted by atomic mass is 16.6. The lowest BCUT2D eigenvalue weighted by Gasteiger charge is -2.00. The SMILES string of the molecule is CNc1cc[nH+]cc1.O=[N+]([O-])c1ccc(O)cc1.O=[N+]([O-])c1ccc([O-])cc1. The average Bonchev–Trinajstić information content (AvgIpc) is 2.70. The van der Waals surface area contributed by atoms with Crippen molar-refractivity contribution in [1.82, 2.24) is 0 Å². The molecule has 0 aliphatic rings. The molecule has 10 heteroatoms. The first kappa shape index (κ1) is 21.8. The molecule has 0 fully saturated rings. The van der Waals surface area contributed by atoms with Crippen LogP contribution < -0.4 is 15.4 Å². The van der Waals surface area contributed by atoms with Crippen molar-refractivity contribution >= 4 is 17.1 Å². The number of aromatic amines is 1. The topological polar surface area (TPSA) is 156 Å². The van der Waals surface area contributed by atoms with E-state index in [2.05, 4.69) is 10.3 Å². The molecule has 3 N–H and O–H groups in total. The fraction of sp³-hybridized carbons (Fsp3) is 0.0556. The zero-order valence-corrected chi connectivity index (χ0v) is 14.8. The van der Waals surface area contributed by atoms with Crippen molar-refractivity contribution in [2.75, 3.05) is 12.4 Å². The molecule has 0 radical (unpaired) electrons. The molecule has 1 heterocycles. The Labute approximate surface area is 160 Å². The summed E-state index contributed by atoms with van der Waals surface area (Å²) in [5.41, 5.74) is 1.06. The molecule has 28 heavy (non-hydrogen) atoms. The molecule has 3 aromatic rings. The highest BCUT2D eigenvalue weighted by Crippen LogP contribution is 2.15. The standard InChI is InChI=1S/C6H8N2.2C6H5NO3/c1-7-6-2-4-8-5-3-6;2*8-6-3-1-5(2-4-6)7(9)10/h2-5H,1H3,(H,7,8);2*1-4,8H. The molecule has 0 unspecified atom stereocenters. The summed E-state index contributed by atoms with van der Waals surface area (Å²) in [4.78, 5) is 21.9. The van der Waals surface area contributed by atoms with Crippen LogP contribution in [0, 0.1) is 20.2 Å². The Balaban J connectivity index is 0.000000212. The van der Waals surface area contributed by atoms with Gasteiger partial charge in [0.1, 0.15) is 5.75 Å². The van der Waals surface area contributed by atoms with Gasteiger partial charge in [-0.3, -0.25) is 20.2 Å². The second kappa shape index (κ2) is 11.4. The fourth-order valence-corrected chi connectivity index (χ4v) is 1.70. The molecule has 0 amide bonds. The van der Waals surface area contributed by atoms with Crippen LogP contribution in [-0.2, 0) is 0 Å². The van der Waals surface area contributed by atoms with Crippen LogP contribution in [0.15, 0.2) is 73.1 Å². The molecule has 3 rings (SSSR count). The number of anilines is 1. The minimum Gasteiger partial charge on any atom is -0.872 e. The van der Waals surface area contributed by atoms with Crippen molar-refractivity contribution in [3.05, 3.63) is 93.3 Å². The van der Waals surface area contributed by atoms with Gasteiger partial charge in [-0.1, -0.05) is 12.1 Å². The van der Waals surface area contributed by atoms with Gasteiger partial charge in [0.2, 0.25) is 0 Å². The van der Waals surface area contributed by atoms with Crippen molar-refractivity contribution in [3.63, 3.8) is 0 Å². The Morgan fingerprint density at radius 1 is 0.821 bits per heavy atom. The third-order valence-corrected chi connectivity index (χ3v) is 3.11. The molecular weight excluding hydrogens is 368 g/mol. The smallest absolute Gasteiger partial charge is 0.269 e. The van der Waals surface area contributed by atoms with E-state index in [-0.39, 0.29) is 22.9 Å². The first-order valence-electron chi connectivity index (χ1n) is 7.82. The number of hydrogen-bond acceptors (Lipinski definition) is 7. The fourth-order valence-electron chi connectivity index (χ4n) is 1.70. The number of hydrogen-bond donors (Lipinski definition) is 2. The Bertz CT molecular complexity index is 815. The van der Waals surface area contributed by atoms with Crippen molar-refractivity contribution in [3.8, 4) is 11.5 Å². The van der Waals surface area contributed by atoms with Gasteiger partial charge in [0.05, 0.1) is 9.85 Å². The zero-order chi connectivity index (χ0) is 20.9. The van der Waals surface area contributed by atoms with Gasteiger partial charge in [-0.05, 0) is 12.1 Å². The normalized spacial score (nSPS) is 9.04. The number of H-pyrrole nitrogens is 1. The van der Waals surface area contributed by atoms with Crippen LogP contribution >= 0.6 is 0 Å². The summed E-state index contributed by atoms with van der Waals surface area (Å²) >= 11 is 0. The number of pyridine rings is 1. The van der Waals surface area contributed by atoms with E-state index in [1.807, 2.05) is 31.6 Å². The third kappa shape index (κ3) is 8.25. The summed E-state index contributed by atoms with van der Waals surface area (Å²) < 4.78 is 0. The lowest BCUT2D eigenvalue weighted by Crippen LogP contribution is -1.98. The average molecular weight is 386 g/mol. The van der Waals surface area contributed by atoms with Gasteiger partial charge < -0.3 is 15.5 Å². The lowest BCUT2D eigenvalue weighted by atomic mass is 10.3. The van der Waals surface area contributed by atoms with Gasteiger partial charge in [-0.25, -0.2) is 4.98 Å². The van der Waals surface area contributed by atoms with Crippen LogP contribution in [0.3, 0.4) is 0 Å². The van der Waals surface area contributed by atoms with E-state index in [1.165, 1.54) is 36.4 Å². The highest BCUT2D eigenvalue weighted by molar-refractivity contribution is 5.38. The van der Waals surface area contributed by atoms with Crippen LogP contribution in [0.1, 0.15) is 0 Å². The van der Waals surface area contributed by atoms with Crippen LogP contribution in [0.25, 0.3) is 0 Å². The molecular formula is C18H18N4O6. The summed E-state index contributed by atoms with van der Waals surface area (Å²) in [7, 11) is 1.90. The maximum Gasteiger partial charge on any atom is 0.269 e. The van der Waals surface area contributed by atoms with Crippen LogP contribution in [0.4, 0.5) is 17.1 Å². The number of nitrogens with one attached hydrogen (secondary N) is 2. The Morgan fingerprint density at radius 3 is 1.61 bits per heavy atom. The van der Waals surface area contributed by atoms with Gasteiger partial charge >= 0.3 is 0 Å². The van der Waals surface area contributed by atoms with E-state index in [0.29, 0.717) is 0 Å². The first-order chi connectivity index (χ1) is 13.3. The van der Waals surface area contributed by atoms with E-state index >= 15 is 0 Å². The number of phenols is 1. The molecule has 0 bridgehead atoms. The minimum absolute atomic E-state index is 0.0159. The highest BCUT2D eigenvalue weighted by Gasteiger charge is 2.01. The molecule has 0 saturated heterocycles. The predicted octanol–water partition coefficient (Wildman–Crippen LogP) is 2.51. The second-order valence-electron chi connectivity index (χ2n) is 5.06.